The van der Waals surface area contributed by atoms with E-state index in [1.54, 1.807) is 6.07 Å². The minimum Gasteiger partial charge on any atom is -0.313 e. The summed E-state index contributed by atoms with van der Waals surface area (Å²) in [6.07, 6.45) is 4.80. The summed E-state index contributed by atoms with van der Waals surface area (Å²) in [6.45, 7) is 0.967. The van der Waals surface area contributed by atoms with Crippen LogP contribution in [0.5, 0.6) is 0 Å². The summed E-state index contributed by atoms with van der Waals surface area (Å²) in [5, 5.41) is 14.5. The van der Waals surface area contributed by atoms with E-state index in [9.17, 15) is 14.3 Å². The summed E-state index contributed by atoms with van der Waals surface area (Å²) >= 11 is 0. The number of nitrogens with zero attached hydrogens (tertiary/aromatic N) is 3. The van der Waals surface area contributed by atoms with Crippen LogP contribution in [-0.2, 0) is 10.8 Å². The van der Waals surface area contributed by atoms with Crippen LogP contribution in [0.15, 0.2) is 29.4 Å². The van der Waals surface area contributed by atoms with Gasteiger partial charge in [-0.15, -0.1) is 0 Å². The van der Waals surface area contributed by atoms with E-state index in [-0.39, 0.29) is 11.7 Å². The molecule has 0 saturated carbocycles. The summed E-state index contributed by atoms with van der Waals surface area (Å²) in [4.78, 5) is 18.8. The SMILES string of the molecule is O=[N+]([O-])c1ccc2nc([S@@](=O)C[C@H]3CCCCN3)cnc2c1. The second kappa shape index (κ2) is 6.45. The zero-order chi connectivity index (χ0) is 15.5. The number of aromatic nitrogens is 2. The van der Waals surface area contributed by atoms with Gasteiger partial charge in [-0.2, -0.15) is 0 Å². The van der Waals surface area contributed by atoms with Gasteiger partial charge in [0.25, 0.3) is 5.69 Å². The van der Waals surface area contributed by atoms with Gasteiger partial charge < -0.3 is 5.32 Å². The average Bonchev–Trinajstić information content (AvgIpc) is 2.54. The Balaban J connectivity index is 1.80. The van der Waals surface area contributed by atoms with Gasteiger partial charge in [0.05, 0.1) is 33.0 Å². The first-order valence-corrected chi connectivity index (χ1v) is 8.48. The van der Waals surface area contributed by atoms with Crippen LogP contribution < -0.4 is 5.32 Å². The van der Waals surface area contributed by atoms with Gasteiger partial charge in [-0.25, -0.2) is 4.98 Å². The van der Waals surface area contributed by atoms with E-state index >= 15 is 0 Å². The van der Waals surface area contributed by atoms with Crippen molar-refractivity contribution in [3.8, 4) is 0 Å². The molecule has 2 aromatic rings. The molecule has 0 spiro atoms. The normalized spacial score (nSPS) is 19.9. The summed E-state index contributed by atoms with van der Waals surface area (Å²) in [5.41, 5.74) is 0.931. The lowest BCUT2D eigenvalue weighted by Gasteiger charge is -2.22. The number of fused-ring (bicyclic) bond motifs is 1. The predicted molar refractivity (Wildman–Crippen MR) is 83.1 cm³/mol. The summed E-state index contributed by atoms with van der Waals surface area (Å²) in [5.74, 6) is 0.521. The van der Waals surface area contributed by atoms with E-state index in [0.717, 1.165) is 25.8 Å². The molecule has 0 amide bonds. The van der Waals surface area contributed by atoms with Gasteiger partial charge in [-0.05, 0) is 25.5 Å². The highest BCUT2D eigenvalue weighted by molar-refractivity contribution is 7.85. The molecule has 1 aromatic carbocycles. The second-order valence-electron chi connectivity index (χ2n) is 5.30. The maximum Gasteiger partial charge on any atom is 0.271 e. The molecule has 1 aliphatic rings. The topological polar surface area (TPSA) is 98.0 Å². The van der Waals surface area contributed by atoms with Crippen molar-refractivity contribution in [2.24, 2.45) is 0 Å². The molecule has 1 saturated heterocycles. The fourth-order valence-corrected chi connectivity index (χ4v) is 3.73. The van der Waals surface area contributed by atoms with E-state index in [1.165, 1.54) is 18.3 Å². The van der Waals surface area contributed by atoms with Crippen LogP contribution >= 0.6 is 0 Å². The number of nitro groups is 1. The molecule has 0 bridgehead atoms. The number of nitrogens with one attached hydrogen (secondary N) is 1. The van der Waals surface area contributed by atoms with Crippen molar-refractivity contribution in [2.75, 3.05) is 12.3 Å². The first kappa shape index (κ1) is 15.0. The maximum absolute atomic E-state index is 12.4. The molecule has 0 unspecified atom stereocenters. The van der Waals surface area contributed by atoms with Gasteiger partial charge >= 0.3 is 0 Å². The summed E-state index contributed by atoms with van der Waals surface area (Å²) in [6, 6.07) is 4.55. The summed E-state index contributed by atoms with van der Waals surface area (Å²) in [7, 11) is -1.22. The number of hydrogen-bond acceptors (Lipinski definition) is 6. The first-order valence-electron chi connectivity index (χ1n) is 7.16. The van der Waals surface area contributed by atoms with Crippen molar-refractivity contribution in [1.82, 2.24) is 15.3 Å². The molecule has 0 aliphatic carbocycles. The molecular weight excluding hydrogens is 304 g/mol. The first-order chi connectivity index (χ1) is 10.6. The standard InChI is InChI=1S/C14H16N4O3S/c19-18(20)11-4-5-12-13(7-11)16-8-14(17-12)22(21)9-10-3-1-2-6-15-10/h4-5,7-8,10,15H,1-3,6,9H2/t10-,22+/m1/s1. The van der Waals surface area contributed by atoms with Crippen molar-refractivity contribution in [3.63, 3.8) is 0 Å². The maximum atomic E-state index is 12.4. The molecule has 7 nitrogen and oxygen atoms in total. The molecule has 3 rings (SSSR count). The molecule has 1 fully saturated rings. The number of non-ortho nitro benzene ring substituents is 1. The fraction of sp³-hybridized carbons (Fsp3) is 0.429. The van der Waals surface area contributed by atoms with E-state index in [1.807, 2.05) is 0 Å². The van der Waals surface area contributed by atoms with Gasteiger partial charge in [0.1, 0.15) is 5.03 Å². The largest absolute Gasteiger partial charge is 0.313 e. The van der Waals surface area contributed by atoms with Crippen LogP contribution in [0, 0.1) is 10.1 Å². The van der Waals surface area contributed by atoms with Crippen molar-refractivity contribution in [3.05, 3.63) is 34.5 Å². The monoisotopic (exact) mass is 320 g/mol. The molecule has 1 aromatic heterocycles. The Morgan fingerprint density at radius 2 is 2.23 bits per heavy atom. The van der Waals surface area contributed by atoms with Gasteiger partial charge in [-0.3, -0.25) is 19.3 Å². The molecule has 8 heteroatoms. The van der Waals surface area contributed by atoms with Crippen LogP contribution in [0.25, 0.3) is 11.0 Å². The Labute approximate surface area is 129 Å². The van der Waals surface area contributed by atoms with Crippen LogP contribution in [0.2, 0.25) is 0 Å². The highest BCUT2D eigenvalue weighted by Crippen LogP contribution is 2.19. The van der Waals surface area contributed by atoms with Crippen LogP contribution in [-0.4, -0.2) is 37.4 Å². The van der Waals surface area contributed by atoms with E-state index < -0.39 is 15.7 Å². The zero-order valence-electron chi connectivity index (χ0n) is 11.9. The number of nitro benzene ring substituents is 1. The van der Waals surface area contributed by atoms with E-state index in [0.29, 0.717) is 21.8 Å². The smallest absolute Gasteiger partial charge is 0.271 e. The third-order valence-corrected chi connectivity index (χ3v) is 5.08. The third kappa shape index (κ3) is 3.28. The number of piperidine rings is 1. The van der Waals surface area contributed by atoms with Crippen molar-refractivity contribution < 1.29 is 9.13 Å². The Bertz CT molecular complexity index is 731. The Morgan fingerprint density at radius 1 is 1.36 bits per heavy atom. The van der Waals surface area contributed by atoms with Crippen molar-refractivity contribution in [1.29, 1.82) is 0 Å². The van der Waals surface area contributed by atoms with Gasteiger partial charge in [-0.1, -0.05) is 6.42 Å². The van der Waals surface area contributed by atoms with E-state index in [4.69, 9.17) is 0 Å². The van der Waals surface area contributed by atoms with Crippen molar-refractivity contribution in [2.45, 2.75) is 30.3 Å². The Hall–Kier alpha value is -1.93. The van der Waals surface area contributed by atoms with Gasteiger partial charge in [0.2, 0.25) is 0 Å². The average molecular weight is 320 g/mol. The van der Waals surface area contributed by atoms with Gasteiger partial charge in [0.15, 0.2) is 0 Å². The molecule has 2 atom stereocenters. The molecule has 22 heavy (non-hydrogen) atoms. The predicted octanol–water partition coefficient (Wildman–Crippen LogP) is 1.79. The van der Waals surface area contributed by atoms with Crippen LogP contribution in [0.4, 0.5) is 5.69 Å². The lowest BCUT2D eigenvalue weighted by Crippen LogP contribution is -2.38. The highest BCUT2D eigenvalue weighted by Gasteiger charge is 2.18. The Kier molecular flexibility index (Phi) is 4.39. The van der Waals surface area contributed by atoms with Crippen molar-refractivity contribution >= 4 is 27.5 Å². The van der Waals surface area contributed by atoms with Gasteiger partial charge in [0, 0.05) is 23.9 Å². The molecule has 0 radical (unpaired) electrons. The molecule has 1 aliphatic heterocycles. The molecule has 1 N–H and O–H groups in total. The molecular formula is C14H16N4O3S. The number of rotatable bonds is 4. The fourth-order valence-electron chi connectivity index (χ4n) is 2.54. The van der Waals surface area contributed by atoms with Crippen LogP contribution in [0.1, 0.15) is 19.3 Å². The zero-order valence-corrected chi connectivity index (χ0v) is 12.7. The summed E-state index contributed by atoms with van der Waals surface area (Å²) < 4.78 is 12.4. The Morgan fingerprint density at radius 3 is 2.95 bits per heavy atom. The van der Waals surface area contributed by atoms with E-state index in [2.05, 4.69) is 15.3 Å². The number of hydrogen-bond donors (Lipinski definition) is 1. The number of benzene rings is 1. The lowest BCUT2D eigenvalue weighted by molar-refractivity contribution is -0.384. The second-order valence-corrected chi connectivity index (χ2v) is 6.74. The highest BCUT2D eigenvalue weighted by atomic mass is 32.2. The molecule has 2 heterocycles. The lowest BCUT2D eigenvalue weighted by atomic mass is 10.1. The third-order valence-electron chi connectivity index (χ3n) is 3.71. The minimum absolute atomic E-state index is 0.0259. The molecule has 116 valence electrons. The van der Waals surface area contributed by atoms with Crippen LogP contribution in [0.3, 0.4) is 0 Å². The quantitative estimate of drug-likeness (QED) is 0.681. The minimum atomic E-state index is -1.22.